The third-order valence-corrected chi connectivity index (χ3v) is 10.5. The molecule has 0 aromatic rings. The Kier molecular flexibility index (Phi) is 5.75. The van der Waals surface area contributed by atoms with Crippen molar-refractivity contribution in [1.82, 2.24) is 0 Å². The van der Waals surface area contributed by atoms with Gasteiger partial charge in [-0.2, -0.15) is 0 Å². The van der Waals surface area contributed by atoms with Crippen molar-refractivity contribution in [3.8, 4) is 0 Å². The summed E-state index contributed by atoms with van der Waals surface area (Å²) in [5, 5.41) is 10.2. The smallest absolute Gasteiger partial charge is 0.136 e. The molecule has 9 atom stereocenters. The number of fused-ring (bicyclic) bond motifs is 5. The Hall–Kier alpha value is -0.370. The second-order valence-corrected chi connectivity index (χ2v) is 11.7. The van der Waals surface area contributed by atoms with Gasteiger partial charge in [0.05, 0.1) is 6.10 Å². The second-order valence-electron chi connectivity index (χ2n) is 11.7. The fourth-order valence-corrected chi connectivity index (χ4v) is 8.91. The lowest BCUT2D eigenvalue weighted by molar-refractivity contribution is -0.160. The van der Waals surface area contributed by atoms with Crippen molar-refractivity contribution in [2.75, 3.05) is 0 Å². The van der Waals surface area contributed by atoms with Crippen LogP contribution in [0.5, 0.6) is 0 Å². The van der Waals surface area contributed by atoms with Crippen LogP contribution in [-0.2, 0) is 4.79 Å². The third-order valence-electron chi connectivity index (χ3n) is 10.5. The van der Waals surface area contributed by atoms with Gasteiger partial charge in [0.1, 0.15) is 5.78 Å². The molecule has 2 heteroatoms. The molecule has 2 nitrogen and oxygen atoms in total. The van der Waals surface area contributed by atoms with E-state index in [0.717, 1.165) is 49.4 Å². The van der Waals surface area contributed by atoms with Crippen LogP contribution in [0.2, 0.25) is 0 Å². The lowest BCUT2D eigenvalue weighted by atomic mass is 9.44. The van der Waals surface area contributed by atoms with Crippen molar-refractivity contribution >= 4 is 5.78 Å². The molecule has 0 saturated heterocycles. The van der Waals surface area contributed by atoms with Gasteiger partial charge in [0, 0.05) is 12.3 Å². The first-order valence-electron chi connectivity index (χ1n) is 12.5. The van der Waals surface area contributed by atoms with Crippen LogP contribution in [0.3, 0.4) is 0 Å². The average molecular weight is 389 g/mol. The molecule has 0 amide bonds. The van der Waals surface area contributed by atoms with E-state index in [4.69, 9.17) is 0 Å². The lowest BCUT2D eigenvalue weighted by Crippen LogP contribution is -2.57. The maximum atomic E-state index is 13.2. The van der Waals surface area contributed by atoms with Crippen molar-refractivity contribution in [2.45, 2.75) is 111 Å². The number of aliphatic hydroxyl groups is 1. The SMILES string of the molecule is CCCCC[C@@H](C)[C@H]1CC[C@H]2[C@@H]3CC(=O)[C@H]4C[C@H](O)CC[C@]4(C)[C@H]3CC[C@]12C. The van der Waals surface area contributed by atoms with Gasteiger partial charge in [-0.05, 0) is 85.4 Å². The molecule has 0 aromatic carbocycles. The minimum Gasteiger partial charge on any atom is -0.393 e. The highest BCUT2D eigenvalue weighted by Crippen LogP contribution is 2.67. The molecule has 4 aliphatic carbocycles. The number of carbonyl (C=O) groups is 1. The Morgan fingerprint density at radius 2 is 1.75 bits per heavy atom. The van der Waals surface area contributed by atoms with Gasteiger partial charge in [-0.1, -0.05) is 53.4 Å². The molecule has 0 heterocycles. The summed E-state index contributed by atoms with van der Waals surface area (Å²) in [5.74, 6) is 4.43. The quantitative estimate of drug-likeness (QED) is 0.553. The molecule has 0 unspecified atom stereocenters. The number of aliphatic hydroxyl groups excluding tert-OH is 1. The Morgan fingerprint density at radius 1 is 1.04 bits per heavy atom. The number of rotatable bonds is 5. The molecule has 1 N–H and O–H groups in total. The number of hydrogen-bond donors (Lipinski definition) is 1. The standard InChI is InChI=1S/C26H44O2/c1-5-6-7-8-17(2)20-9-10-21-19-16-24(28)23-15-18(27)11-13-26(23,4)22(19)12-14-25(20,21)3/h17-23,27H,5-16H2,1-4H3/t17-,18-,19+,20-,21+,22+,23-,25-,26-/m1/s1. The topological polar surface area (TPSA) is 37.3 Å². The van der Waals surface area contributed by atoms with Crippen molar-refractivity contribution in [3.63, 3.8) is 0 Å². The zero-order valence-corrected chi connectivity index (χ0v) is 18.9. The first-order chi connectivity index (χ1) is 13.3. The van der Waals surface area contributed by atoms with Crippen LogP contribution in [0, 0.1) is 46.3 Å². The zero-order chi connectivity index (χ0) is 20.1. The first kappa shape index (κ1) is 20.9. The summed E-state index contributed by atoms with van der Waals surface area (Å²) in [6, 6.07) is 0. The van der Waals surface area contributed by atoms with Crippen molar-refractivity contribution < 1.29 is 9.90 Å². The maximum Gasteiger partial charge on any atom is 0.136 e. The fraction of sp³-hybridized carbons (Fsp3) is 0.962. The van der Waals surface area contributed by atoms with E-state index in [1.54, 1.807) is 0 Å². The monoisotopic (exact) mass is 388 g/mol. The summed E-state index contributed by atoms with van der Waals surface area (Å²) in [6.07, 6.45) is 14.2. The van der Waals surface area contributed by atoms with E-state index in [1.165, 1.54) is 51.4 Å². The molecule has 0 radical (unpaired) electrons. The van der Waals surface area contributed by atoms with Crippen LogP contribution in [0.1, 0.15) is 105 Å². The van der Waals surface area contributed by atoms with Crippen LogP contribution >= 0.6 is 0 Å². The van der Waals surface area contributed by atoms with Crippen LogP contribution < -0.4 is 0 Å². The van der Waals surface area contributed by atoms with E-state index in [-0.39, 0.29) is 17.4 Å². The Labute approximate surface area is 173 Å². The predicted molar refractivity (Wildman–Crippen MR) is 115 cm³/mol. The molecule has 4 saturated carbocycles. The van der Waals surface area contributed by atoms with Crippen LogP contribution in [0.25, 0.3) is 0 Å². The zero-order valence-electron chi connectivity index (χ0n) is 18.9. The molecule has 4 rings (SSSR count). The van der Waals surface area contributed by atoms with Gasteiger partial charge >= 0.3 is 0 Å². The van der Waals surface area contributed by atoms with Crippen molar-refractivity contribution in [1.29, 1.82) is 0 Å². The second kappa shape index (κ2) is 7.71. The largest absolute Gasteiger partial charge is 0.393 e. The molecule has 28 heavy (non-hydrogen) atoms. The number of unbranched alkanes of at least 4 members (excludes halogenated alkanes) is 2. The third kappa shape index (κ3) is 3.21. The van der Waals surface area contributed by atoms with Gasteiger partial charge in [-0.3, -0.25) is 4.79 Å². The number of Topliss-reactive ketones (excluding diaryl/α,β-unsaturated/α-hetero) is 1. The Balaban J connectivity index is 1.53. The van der Waals surface area contributed by atoms with E-state index in [9.17, 15) is 9.90 Å². The number of carbonyl (C=O) groups excluding carboxylic acids is 1. The molecule has 4 fully saturated rings. The minimum absolute atomic E-state index is 0.132. The van der Waals surface area contributed by atoms with E-state index in [1.807, 2.05) is 0 Å². The predicted octanol–water partition coefficient (Wildman–Crippen LogP) is 6.40. The molecule has 160 valence electrons. The highest BCUT2D eigenvalue weighted by molar-refractivity contribution is 5.83. The Morgan fingerprint density at radius 3 is 2.50 bits per heavy atom. The van der Waals surface area contributed by atoms with Gasteiger partial charge in [-0.25, -0.2) is 0 Å². The fourth-order valence-electron chi connectivity index (χ4n) is 8.91. The van der Waals surface area contributed by atoms with Gasteiger partial charge in [0.15, 0.2) is 0 Å². The summed E-state index contributed by atoms with van der Waals surface area (Å²) in [7, 11) is 0. The molecule has 0 spiro atoms. The van der Waals surface area contributed by atoms with Crippen LogP contribution in [-0.4, -0.2) is 17.0 Å². The first-order valence-corrected chi connectivity index (χ1v) is 12.5. The summed E-state index contributed by atoms with van der Waals surface area (Å²) < 4.78 is 0. The highest BCUT2D eigenvalue weighted by atomic mass is 16.3. The van der Waals surface area contributed by atoms with Crippen molar-refractivity contribution in [3.05, 3.63) is 0 Å². The van der Waals surface area contributed by atoms with Gasteiger partial charge in [0.25, 0.3) is 0 Å². The van der Waals surface area contributed by atoms with Crippen LogP contribution in [0.15, 0.2) is 0 Å². The summed E-state index contributed by atoms with van der Waals surface area (Å²) in [4.78, 5) is 13.2. The molecule has 0 aliphatic heterocycles. The lowest BCUT2D eigenvalue weighted by Gasteiger charge is -2.60. The average Bonchev–Trinajstić information content (AvgIpc) is 3.01. The summed E-state index contributed by atoms with van der Waals surface area (Å²) >= 11 is 0. The minimum atomic E-state index is -0.243. The molecule has 0 aromatic heterocycles. The van der Waals surface area contributed by atoms with E-state index >= 15 is 0 Å². The van der Waals surface area contributed by atoms with E-state index < -0.39 is 0 Å². The molecule has 0 bridgehead atoms. The summed E-state index contributed by atoms with van der Waals surface area (Å²) in [6.45, 7) is 9.84. The molecular formula is C26H44O2. The summed E-state index contributed by atoms with van der Waals surface area (Å²) in [5.41, 5.74) is 0.621. The van der Waals surface area contributed by atoms with Crippen molar-refractivity contribution in [2.24, 2.45) is 46.3 Å². The van der Waals surface area contributed by atoms with Gasteiger partial charge in [0.2, 0.25) is 0 Å². The molecular weight excluding hydrogens is 344 g/mol. The normalized spacial score (nSPS) is 49.2. The van der Waals surface area contributed by atoms with E-state index in [2.05, 4.69) is 27.7 Å². The highest BCUT2D eigenvalue weighted by Gasteiger charge is 2.62. The van der Waals surface area contributed by atoms with Gasteiger partial charge in [-0.15, -0.1) is 0 Å². The molecule has 4 aliphatic rings. The Bertz CT molecular complexity index is 585. The van der Waals surface area contributed by atoms with Crippen LogP contribution in [0.4, 0.5) is 0 Å². The number of ketones is 1. The van der Waals surface area contributed by atoms with E-state index in [0.29, 0.717) is 17.1 Å². The maximum absolute atomic E-state index is 13.2. The number of hydrogen-bond acceptors (Lipinski definition) is 2. The van der Waals surface area contributed by atoms with Gasteiger partial charge < -0.3 is 5.11 Å².